The van der Waals surface area contributed by atoms with Crippen LogP contribution in [0.3, 0.4) is 0 Å². The summed E-state index contributed by atoms with van der Waals surface area (Å²) in [4.78, 5) is 0. The summed E-state index contributed by atoms with van der Waals surface area (Å²) in [7, 11) is 0. The monoisotopic (exact) mass is 198 g/mol. The minimum absolute atomic E-state index is 0.421. The molecule has 6 N–H and O–H groups in total. The van der Waals surface area contributed by atoms with E-state index >= 15 is 0 Å². The van der Waals surface area contributed by atoms with Crippen molar-refractivity contribution in [2.45, 2.75) is 0 Å². The van der Waals surface area contributed by atoms with Crippen molar-refractivity contribution in [1.29, 1.82) is 0 Å². The van der Waals surface area contributed by atoms with Gasteiger partial charge in [-0.1, -0.05) is 0 Å². The van der Waals surface area contributed by atoms with Crippen LogP contribution in [0, 0.1) is 0 Å². The molecular formula is C4H10N10. The van der Waals surface area contributed by atoms with Gasteiger partial charge >= 0.3 is 0 Å². The van der Waals surface area contributed by atoms with Gasteiger partial charge in [-0.15, -0.1) is 10.2 Å². The molecule has 0 saturated heterocycles. The molecule has 0 bridgehead atoms. The summed E-state index contributed by atoms with van der Waals surface area (Å²) in [6, 6.07) is 0. The Bertz CT molecular complexity index is 276. The van der Waals surface area contributed by atoms with Crippen LogP contribution >= 0.6 is 0 Å². The second-order valence-electron chi connectivity index (χ2n) is 2.08. The van der Waals surface area contributed by atoms with Gasteiger partial charge in [-0.05, 0) is 20.9 Å². The van der Waals surface area contributed by atoms with Crippen molar-refractivity contribution in [2.75, 3.05) is 13.1 Å². The lowest BCUT2D eigenvalue weighted by Gasteiger charge is -1.78. The third kappa shape index (κ3) is 2.84. The first-order valence-corrected chi connectivity index (χ1v) is 3.76. The molecule has 76 valence electrons. The number of H-pyrrole nitrogens is 2. The fourth-order valence-corrected chi connectivity index (χ4v) is 0.519. The number of hydrogen-bond donors (Lipinski definition) is 4. The molecule has 0 atom stereocenters. The van der Waals surface area contributed by atoms with Crippen molar-refractivity contribution in [1.82, 2.24) is 41.2 Å². The Labute approximate surface area is 78.5 Å². The van der Waals surface area contributed by atoms with Crippen molar-refractivity contribution >= 4 is 0 Å². The first kappa shape index (κ1) is 10.1. The van der Waals surface area contributed by atoms with Crippen molar-refractivity contribution in [3.8, 4) is 11.6 Å². The minimum Gasteiger partial charge on any atom is -0.329 e. The molecule has 10 heteroatoms. The summed E-state index contributed by atoms with van der Waals surface area (Å²) in [5.74, 6) is 0.843. The predicted octanol–water partition coefficient (Wildman–Crippen LogP) is -2.72. The molecule has 0 unspecified atom stereocenters. The van der Waals surface area contributed by atoms with Gasteiger partial charge in [-0.3, -0.25) is 0 Å². The first-order chi connectivity index (χ1) is 6.88. The summed E-state index contributed by atoms with van der Waals surface area (Å²) in [5, 5.41) is 25.5. The van der Waals surface area contributed by atoms with Crippen molar-refractivity contribution in [3.05, 3.63) is 0 Å². The molecule has 0 saturated carbocycles. The van der Waals surface area contributed by atoms with Gasteiger partial charge in [0, 0.05) is 13.1 Å². The normalized spacial score (nSPS) is 9.29. The van der Waals surface area contributed by atoms with E-state index in [0.717, 1.165) is 0 Å². The molecule has 0 radical (unpaired) electrons. The smallest absolute Gasteiger partial charge is 0.218 e. The number of nitrogens with one attached hydrogen (secondary N) is 2. The van der Waals surface area contributed by atoms with Gasteiger partial charge in [-0.25, -0.2) is 10.2 Å². The molecule has 0 aliphatic rings. The molecule has 2 rings (SSSR count). The Morgan fingerprint density at radius 1 is 0.857 bits per heavy atom. The van der Waals surface area contributed by atoms with Crippen LogP contribution in [0.15, 0.2) is 0 Å². The average molecular weight is 198 g/mol. The fourth-order valence-electron chi connectivity index (χ4n) is 0.519. The minimum atomic E-state index is 0.421. The highest BCUT2D eigenvalue weighted by atomic mass is 15.5. The molecule has 14 heavy (non-hydrogen) atoms. The van der Waals surface area contributed by atoms with Crippen LogP contribution < -0.4 is 11.5 Å². The summed E-state index contributed by atoms with van der Waals surface area (Å²) in [6.45, 7) is 1.19. The van der Waals surface area contributed by atoms with Crippen LogP contribution in [0.25, 0.3) is 11.6 Å². The van der Waals surface area contributed by atoms with Crippen LogP contribution in [0.1, 0.15) is 0 Å². The van der Waals surface area contributed by atoms with Gasteiger partial charge in [-0.2, -0.15) is 0 Å². The highest BCUT2D eigenvalue weighted by Crippen LogP contribution is 1.99. The SMILES string of the molecule is NCCN.n1n[nH]c(-c2nnn[nH]2)n1. The molecule has 0 fully saturated rings. The Hall–Kier alpha value is -1.94. The van der Waals surface area contributed by atoms with Gasteiger partial charge in [0.2, 0.25) is 11.6 Å². The van der Waals surface area contributed by atoms with E-state index in [2.05, 4.69) is 41.2 Å². The number of nitrogens with two attached hydrogens (primary N) is 2. The molecule has 10 nitrogen and oxygen atoms in total. The van der Waals surface area contributed by atoms with Gasteiger partial charge in [0.05, 0.1) is 0 Å². The number of aromatic nitrogens is 8. The summed E-state index contributed by atoms with van der Waals surface area (Å²) in [6.07, 6.45) is 0. The molecule has 0 spiro atoms. The van der Waals surface area contributed by atoms with E-state index in [1.807, 2.05) is 0 Å². The van der Waals surface area contributed by atoms with Crippen molar-refractivity contribution in [2.24, 2.45) is 11.5 Å². The summed E-state index contributed by atoms with van der Waals surface area (Å²) >= 11 is 0. The Balaban J connectivity index is 0.000000213. The molecule has 0 aliphatic heterocycles. The van der Waals surface area contributed by atoms with Gasteiger partial charge in [0.15, 0.2) is 0 Å². The highest BCUT2D eigenvalue weighted by molar-refractivity contribution is 5.37. The van der Waals surface area contributed by atoms with E-state index < -0.39 is 0 Å². The van der Waals surface area contributed by atoms with E-state index in [9.17, 15) is 0 Å². The number of nitrogens with zero attached hydrogens (tertiary/aromatic N) is 6. The zero-order chi connectivity index (χ0) is 10.2. The molecule has 0 amide bonds. The molecule has 0 aliphatic carbocycles. The fraction of sp³-hybridized carbons (Fsp3) is 0.500. The van der Waals surface area contributed by atoms with E-state index in [1.165, 1.54) is 0 Å². The topological polar surface area (TPSA) is 161 Å². The van der Waals surface area contributed by atoms with Gasteiger partial charge in [0.25, 0.3) is 0 Å². The largest absolute Gasteiger partial charge is 0.329 e. The third-order valence-electron chi connectivity index (χ3n) is 1.08. The standard InChI is InChI=1S/C2H2N8.C2H8N2/c3-1(4-8-7-3)2-5-9-10-6-2;3-1-2-4/h(H,3,4,7,8)(H,5,6,9,10);1-4H2. The van der Waals surface area contributed by atoms with Gasteiger partial charge < -0.3 is 11.5 Å². The lowest BCUT2D eigenvalue weighted by Crippen LogP contribution is -2.11. The maximum Gasteiger partial charge on any atom is 0.218 e. The number of rotatable bonds is 2. The molecule has 2 heterocycles. The van der Waals surface area contributed by atoms with Crippen molar-refractivity contribution in [3.63, 3.8) is 0 Å². The van der Waals surface area contributed by atoms with E-state index in [0.29, 0.717) is 24.7 Å². The van der Waals surface area contributed by atoms with E-state index in [1.54, 1.807) is 0 Å². The van der Waals surface area contributed by atoms with Crippen LogP contribution in [0.5, 0.6) is 0 Å². The number of tetrazole rings is 2. The number of aromatic amines is 2. The van der Waals surface area contributed by atoms with Crippen LogP contribution in [-0.4, -0.2) is 54.3 Å². The second-order valence-corrected chi connectivity index (χ2v) is 2.08. The molecule has 2 aromatic heterocycles. The molecule has 2 aromatic rings. The lowest BCUT2D eigenvalue weighted by atomic mass is 10.6. The maximum atomic E-state index is 4.90. The van der Waals surface area contributed by atoms with Crippen LogP contribution in [-0.2, 0) is 0 Å². The Morgan fingerprint density at radius 3 is 1.50 bits per heavy atom. The molecular weight excluding hydrogens is 188 g/mol. The average Bonchev–Trinajstić information content (AvgIpc) is 2.89. The zero-order valence-corrected chi connectivity index (χ0v) is 7.25. The number of hydrogen-bond acceptors (Lipinski definition) is 8. The highest BCUT2D eigenvalue weighted by Gasteiger charge is 2.03. The maximum absolute atomic E-state index is 4.90. The van der Waals surface area contributed by atoms with Gasteiger partial charge in [0.1, 0.15) is 0 Å². The van der Waals surface area contributed by atoms with E-state index in [4.69, 9.17) is 11.5 Å². The predicted molar refractivity (Wildman–Crippen MR) is 45.5 cm³/mol. The third-order valence-corrected chi connectivity index (χ3v) is 1.08. The lowest BCUT2D eigenvalue weighted by molar-refractivity contribution is 0.881. The van der Waals surface area contributed by atoms with Crippen LogP contribution in [0.2, 0.25) is 0 Å². The zero-order valence-electron chi connectivity index (χ0n) is 7.25. The van der Waals surface area contributed by atoms with Crippen LogP contribution in [0.4, 0.5) is 0 Å². The quantitative estimate of drug-likeness (QED) is 0.404. The Morgan fingerprint density at radius 2 is 1.29 bits per heavy atom. The first-order valence-electron chi connectivity index (χ1n) is 3.76. The second kappa shape index (κ2) is 5.66. The molecule has 0 aromatic carbocycles. The summed E-state index contributed by atoms with van der Waals surface area (Å²) in [5.41, 5.74) is 9.81. The Kier molecular flexibility index (Phi) is 4.10. The van der Waals surface area contributed by atoms with Crippen molar-refractivity contribution < 1.29 is 0 Å². The summed E-state index contributed by atoms with van der Waals surface area (Å²) < 4.78 is 0. The van der Waals surface area contributed by atoms with E-state index in [-0.39, 0.29) is 0 Å².